The highest BCUT2D eigenvalue weighted by Crippen LogP contribution is 2.27. The van der Waals surface area contributed by atoms with Crippen LogP contribution >= 0.6 is 23.7 Å². The van der Waals surface area contributed by atoms with Crippen molar-refractivity contribution in [3.63, 3.8) is 0 Å². The van der Waals surface area contributed by atoms with Crippen LogP contribution in [0.15, 0.2) is 16.4 Å². The molecule has 0 saturated carbocycles. The van der Waals surface area contributed by atoms with Crippen LogP contribution in [0.4, 0.5) is 0 Å². The Morgan fingerprint density at radius 3 is 3.00 bits per heavy atom. The molecule has 0 fully saturated rings. The van der Waals surface area contributed by atoms with Crippen molar-refractivity contribution in [2.24, 2.45) is 10.7 Å². The number of hydrogen-bond acceptors (Lipinski definition) is 4. The summed E-state index contributed by atoms with van der Waals surface area (Å²) in [5, 5.41) is 5.32. The van der Waals surface area contributed by atoms with E-state index in [0.717, 1.165) is 13.0 Å². The summed E-state index contributed by atoms with van der Waals surface area (Å²) in [6, 6.07) is 2.52. The van der Waals surface area contributed by atoms with Gasteiger partial charge in [-0.15, -0.1) is 23.7 Å². The number of nitrogens with zero attached hydrogens (tertiary/aromatic N) is 1. The fourth-order valence-corrected chi connectivity index (χ4v) is 2.56. The fourth-order valence-electron chi connectivity index (χ4n) is 1.55. The molecular weight excluding hydrogens is 218 g/mol. The molecule has 3 N–H and O–H groups in total. The Hall–Kier alpha value is -0.740. The number of hydrogen-bond donors (Lipinski definition) is 2. The molecule has 0 bridgehead atoms. The fraction of sp³-hybridized carbons (Fsp3) is 0.444. The van der Waals surface area contributed by atoms with Crippen molar-refractivity contribution in [1.82, 2.24) is 5.32 Å². The Bertz CT molecular complexity index is 335. The highest BCUT2D eigenvalue weighted by molar-refractivity contribution is 7.10. The van der Waals surface area contributed by atoms with E-state index in [0.29, 0.717) is 12.0 Å². The number of nitrogens with one attached hydrogen (secondary N) is 1. The van der Waals surface area contributed by atoms with E-state index in [1.165, 1.54) is 10.4 Å². The molecule has 3 nitrogen and oxygen atoms in total. The Kier molecular flexibility index (Phi) is 3.77. The van der Waals surface area contributed by atoms with Crippen LogP contribution in [0, 0.1) is 6.92 Å². The first kappa shape index (κ1) is 11.3. The van der Waals surface area contributed by atoms with Crippen molar-refractivity contribution in [1.29, 1.82) is 0 Å². The topological polar surface area (TPSA) is 50.4 Å². The molecule has 5 heteroatoms. The van der Waals surface area contributed by atoms with Gasteiger partial charge < -0.3 is 11.1 Å². The van der Waals surface area contributed by atoms with Crippen LogP contribution < -0.4 is 11.1 Å². The number of guanidine groups is 1. The van der Waals surface area contributed by atoms with Crippen molar-refractivity contribution >= 4 is 29.7 Å². The van der Waals surface area contributed by atoms with Gasteiger partial charge in [-0.2, -0.15) is 0 Å². The van der Waals surface area contributed by atoms with E-state index >= 15 is 0 Å². The second kappa shape index (κ2) is 4.66. The number of rotatable bonds is 1. The van der Waals surface area contributed by atoms with Crippen LogP contribution in [0.25, 0.3) is 0 Å². The van der Waals surface area contributed by atoms with Gasteiger partial charge in [0.1, 0.15) is 0 Å². The molecule has 1 aliphatic heterocycles. The normalized spacial score (nSPS) is 20.6. The van der Waals surface area contributed by atoms with Gasteiger partial charge in [0.05, 0.1) is 6.04 Å². The number of halogens is 1. The Morgan fingerprint density at radius 2 is 2.43 bits per heavy atom. The minimum Gasteiger partial charge on any atom is -0.370 e. The van der Waals surface area contributed by atoms with E-state index in [1.54, 1.807) is 11.3 Å². The monoisotopic (exact) mass is 231 g/mol. The first-order valence-corrected chi connectivity index (χ1v) is 5.26. The second-order valence-electron chi connectivity index (χ2n) is 3.22. The maximum Gasteiger partial charge on any atom is 0.189 e. The average molecular weight is 232 g/mol. The van der Waals surface area contributed by atoms with E-state index in [1.807, 2.05) is 0 Å². The third-order valence-electron chi connectivity index (χ3n) is 2.24. The molecule has 0 aliphatic carbocycles. The second-order valence-corrected chi connectivity index (χ2v) is 4.17. The smallest absolute Gasteiger partial charge is 0.189 e. The molecule has 1 aliphatic rings. The van der Waals surface area contributed by atoms with Gasteiger partial charge in [-0.25, -0.2) is 0 Å². The summed E-state index contributed by atoms with van der Waals surface area (Å²) in [5.74, 6) is 0.573. The average Bonchev–Trinajstić information content (AvgIpc) is 2.51. The van der Waals surface area contributed by atoms with Gasteiger partial charge in [-0.05, 0) is 30.4 Å². The molecule has 0 saturated heterocycles. The summed E-state index contributed by atoms with van der Waals surface area (Å²) < 4.78 is 0. The molecule has 1 aromatic heterocycles. The lowest BCUT2D eigenvalue weighted by Crippen LogP contribution is -2.38. The predicted molar refractivity (Wildman–Crippen MR) is 63.3 cm³/mol. The van der Waals surface area contributed by atoms with E-state index < -0.39 is 0 Å². The molecule has 0 spiro atoms. The van der Waals surface area contributed by atoms with Crippen LogP contribution in [-0.4, -0.2) is 12.5 Å². The maximum atomic E-state index is 5.62. The van der Waals surface area contributed by atoms with Crippen LogP contribution in [0.3, 0.4) is 0 Å². The number of aryl methyl sites for hydroxylation is 1. The predicted octanol–water partition coefficient (Wildman–Crippen LogP) is 1.83. The van der Waals surface area contributed by atoms with Gasteiger partial charge >= 0.3 is 0 Å². The molecule has 2 heterocycles. The summed E-state index contributed by atoms with van der Waals surface area (Å²) in [6.45, 7) is 2.97. The molecule has 0 radical (unpaired) electrons. The molecule has 0 amide bonds. The summed E-state index contributed by atoms with van der Waals surface area (Å²) in [6.07, 6.45) is 1.04. The van der Waals surface area contributed by atoms with Crippen molar-refractivity contribution in [3.05, 3.63) is 21.9 Å². The van der Waals surface area contributed by atoms with Crippen molar-refractivity contribution in [3.8, 4) is 0 Å². The van der Waals surface area contributed by atoms with E-state index in [-0.39, 0.29) is 12.4 Å². The number of thiophene rings is 1. The summed E-state index contributed by atoms with van der Waals surface area (Å²) in [5.41, 5.74) is 6.97. The lowest BCUT2D eigenvalue weighted by Gasteiger charge is -2.22. The van der Waals surface area contributed by atoms with Crippen LogP contribution in [0.2, 0.25) is 0 Å². The van der Waals surface area contributed by atoms with Gasteiger partial charge in [0.15, 0.2) is 5.96 Å². The molecule has 78 valence electrons. The standard InChI is InChI=1S/C9H13N3S.ClH/c1-6-3-5-13-8(6)7-2-4-11-9(10)12-7;/h3,5,7H,2,4H2,1H3,(H3,10,11,12);1H. The minimum absolute atomic E-state index is 0. The zero-order valence-corrected chi connectivity index (χ0v) is 9.62. The summed E-state index contributed by atoms with van der Waals surface area (Å²) in [7, 11) is 0. The van der Waals surface area contributed by atoms with Crippen LogP contribution in [-0.2, 0) is 0 Å². The third kappa shape index (κ3) is 2.19. The molecule has 1 aromatic rings. The van der Waals surface area contributed by atoms with Crippen LogP contribution in [0.1, 0.15) is 22.9 Å². The lowest BCUT2D eigenvalue weighted by molar-refractivity contribution is 0.575. The van der Waals surface area contributed by atoms with Gasteiger partial charge in [0, 0.05) is 11.4 Å². The highest BCUT2D eigenvalue weighted by Gasteiger charge is 2.18. The van der Waals surface area contributed by atoms with E-state index in [4.69, 9.17) is 5.73 Å². The first-order chi connectivity index (χ1) is 6.27. The summed E-state index contributed by atoms with van der Waals surface area (Å²) in [4.78, 5) is 5.49. The molecule has 1 atom stereocenters. The first-order valence-electron chi connectivity index (χ1n) is 4.38. The molecule has 1 unspecified atom stereocenters. The minimum atomic E-state index is 0. The quantitative estimate of drug-likeness (QED) is 0.775. The lowest BCUT2D eigenvalue weighted by atomic mass is 10.1. The zero-order valence-electron chi connectivity index (χ0n) is 7.99. The largest absolute Gasteiger partial charge is 0.370 e. The SMILES string of the molecule is Cc1ccsc1C1CCN=C(N)N1.Cl. The third-order valence-corrected chi connectivity index (χ3v) is 3.37. The Balaban J connectivity index is 0.000000980. The van der Waals surface area contributed by atoms with Gasteiger partial charge in [0.2, 0.25) is 0 Å². The molecular formula is C9H14ClN3S. The van der Waals surface area contributed by atoms with E-state index in [2.05, 4.69) is 28.7 Å². The summed E-state index contributed by atoms with van der Waals surface area (Å²) >= 11 is 1.79. The molecule has 2 rings (SSSR count). The van der Waals surface area contributed by atoms with Crippen molar-refractivity contribution < 1.29 is 0 Å². The number of aliphatic imine (C=N–C) groups is 1. The van der Waals surface area contributed by atoms with Gasteiger partial charge in [-0.1, -0.05) is 0 Å². The number of nitrogens with two attached hydrogens (primary N) is 1. The van der Waals surface area contributed by atoms with E-state index in [9.17, 15) is 0 Å². The van der Waals surface area contributed by atoms with Crippen molar-refractivity contribution in [2.75, 3.05) is 6.54 Å². The Labute approximate surface area is 93.8 Å². The van der Waals surface area contributed by atoms with Crippen LogP contribution in [0.5, 0.6) is 0 Å². The zero-order chi connectivity index (χ0) is 9.26. The Morgan fingerprint density at radius 1 is 1.64 bits per heavy atom. The molecule has 0 aromatic carbocycles. The highest BCUT2D eigenvalue weighted by atomic mass is 35.5. The maximum absolute atomic E-state index is 5.62. The van der Waals surface area contributed by atoms with Gasteiger partial charge in [-0.3, -0.25) is 4.99 Å². The molecule has 14 heavy (non-hydrogen) atoms. The van der Waals surface area contributed by atoms with Gasteiger partial charge in [0.25, 0.3) is 0 Å². The van der Waals surface area contributed by atoms with Crippen molar-refractivity contribution in [2.45, 2.75) is 19.4 Å².